The number of urea groups is 1. The zero-order valence-electron chi connectivity index (χ0n) is 11.8. The van der Waals surface area contributed by atoms with E-state index in [0.29, 0.717) is 11.3 Å². The van der Waals surface area contributed by atoms with Crippen molar-refractivity contribution in [3.05, 3.63) is 70.2 Å². The lowest BCUT2D eigenvalue weighted by Crippen LogP contribution is -2.54. The van der Waals surface area contributed by atoms with Crippen molar-refractivity contribution >= 4 is 45.5 Å². The van der Waals surface area contributed by atoms with Gasteiger partial charge in [-0.25, -0.2) is 9.69 Å². The molecule has 5 nitrogen and oxygen atoms in total. The Morgan fingerprint density at radius 2 is 1.57 bits per heavy atom. The fraction of sp³-hybridized carbons (Fsp3) is 0. The van der Waals surface area contributed by atoms with Gasteiger partial charge in [-0.1, -0.05) is 46.3 Å². The van der Waals surface area contributed by atoms with Gasteiger partial charge in [0.25, 0.3) is 11.8 Å². The second kappa shape index (κ2) is 6.18. The Kier molecular flexibility index (Phi) is 4.08. The molecule has 6 heteroatoms. The van der Waals surface area contributed by atoms with E-state index in [-0.39, 0.29) is 5.57 Å². The van der Waals surface area contributed by atoms with Gasteiger partial charge in [-0.15, -0.1) is 0 Å². The molecule has 1 heterocycles. The number of nitrogens with zero attached hydrogens (tertiary/aromatic N) is 1. The lowest BCUT2D eigenvalue weighted by Gasteiger charge is -2.26. The molecule has 114 valence electrons. The normalized spacial score (nSPS) is 16.7. The van der Waals surface area contributed by atoms with Crippen molar-refractivity contribution in [3.8, 4) is 0 Å². The number of imide groups is 2. The molecular weight excluding hydrogens is 360 g/mol. The molecule has 4 amide bonds. The van der Waals surface area contributed by atoms with Crippen LogP contribution in [0, 0.1) is 0 Å². The van der Waals surface area contributed by atoms with Crippen LogP contribution in [0.5, 0.6) is 0 Å². The predicted molar refractivity (Wildman–Crippen MR) is 89.6 cm³/mol. The first-order valence-corrected chi connectivity index (χ1v) is 7.57. The number of benzene rings is 2. The summed E-state index contributed by atoms with van der Waals surface area (Å²) in [5.74, 6) is -1.34. The number of hydrogen-bond donors (Lipinski definition) is 1. The van der Waals surface area contributed by atoms with Gasteiger partial charge in [0.15, 0.2) is 0 Å². The summed E-state index contributed by atoms with van der Waals surface area (Å²) in [6.07, 6.45) is 1.46. The Morgan fingerprint density at radius 1 is 0.913 bits per heavy atom. The van der Waals surface area contributed by atoms with Crippen LogP contribution in [0.3, 0.4) is 0 Å². The van der Waals surface area contributed by atoms with Gasteiger partial charge in [-0.2, -0.15) is 0 Å². The molecule has 2 aromatic carbocycles. The summed E-state index contributed by atoms with van der Waals surface area (Å²) in [4.78, 5) is 37.5. The van der Waals surface area contributed by atoms with E-state index in [0.717, 1.165) is 9.37 Å². The minimum absolute atomic E-state index is 0.0872. The standard InChI is InChI=1S/C17H11BrN2O3/c18-12-8-6-11(7-9-12)10-14-15(21)19-17(23)20(16(14)22)13-4-2-1-3-5-13/h1-10H,(H,19,21,23)/b14-10-. The molecular formula is C17H11BrN2O3. The predicted octanol–water partition coefficient (Wildman–Crippen LogP) is 3.12. The number of barbiturate groups is 1. The highest BCUT2D eigenvalue weighted by Crippen LogP contribution is 2.21. The third kappa shape index (κ3) is 3.07. The summed E-state index contributed by atoms with van der Waals surface area (Å²) in [6.45, 7) is 0. The van der Waals surface area contributed by atoms with Gasteiger partial charge >= 0.3 is 6.03 Å². The van der Waals surface area contributed by atoms with Crippen LogP contribution in [-0.2, 0) is 9.59 Å². The molecule has 1 aliphatic rings. The van der Waals surface area contributed by atoms with E-state index in [9.17, 15) is 14.4 Å². The number of carbonyl (C=O) groups is 3. The summed E-state index contributed by atoms with van der Waals surface area (Å²) in [7, 11) is 0. The molecule has 0 radical (unpaired) electrons. The zero-order chi connectivity index (χ0) is 16.4. The van der Waals surface area contributed by atoms with Crippen molar-refractivity contribution in [2.75, 3.05) is 4.90 Å². The largest absolute Gasteiger partial charge is 0.335 e. The van der Waals surface area contributed by atoms with Gasteiger partial charge in [0, 0.05) is 4.47 Å². The lowest BCUT2D eigenvalue weighted by molar-refractivity contribution is -0.122. The smallest absolute Gasteiger partial charge is 0.273 e. The Balaban J connectivity index is 2.00. The molecule has 0 unspecified atom stereocenters. The minimum atomic E-state index is -0.751. The van der Waals surface area contributed by atoms with Crippen LogP contribution in [0.4, 0.5) is 10.5 Å². The van der Waals surface area contributed by atoms with Crippen molar-refractivity contribution < 1.29 is 14.4 Å². The quantitative estimate of drug-likeness (QED) is 0.652. The Morgan fingerprint density at radius 3 is 2.22 bits per heavy atom. The van der Waals surface area contributed by atoms with Gasteiger partial charge < -0.3 is 0 Å². The maximum Gasteiger partial charge on any atom is 0.335 e. The highest BCUT2D eigenvalue weighted by Gasteiger charge is 2.36. The van der Waals surface area contributed by atoms with Gasteiger partial charge in [-0.3, -0.25) is 14.9 Å². The van der Waals surface area contributed by atoms with Gasteiger partial charge in [0.1, 0.15) is 5.57 Å². The fourth-order valence-electron chi connectivity index (χ4n) is 2.19. The Labute approximate surface area is 140 Å². The van der Waals surface area contributed by atoms with Gasteiger partial charge in [-0.05, 0) is 35.9 Å². The first-order valence-electron chi connectivity index (χ1n) is 6.78. The van der Waals surface area contributed by atoms with Crippen molar-refractivity contribution in [1.82, 2.24) is 5.32 Å². The van der Waals surface area contributed by atoms with Crippen molar-refractivity contribution in [2.24, 2.45) is 0 Å². The zero-order valence-corrected chi connectivity index (χ0v) is 13.4. The van der Waals surface area contributed by atoms with E-state index < -0.39 is 17.8 Å². The van der Waals surface area contributed by atoms with Crippen molar-refractivity contribution in [2.45, 2.75) is 0 Å². The third-order valence-corrected chi connectivity index (χ3v) is 3.83. The molecule has 1 saturated heterocycles. The summed E-state index contributed by atoms with van der Waals surface area (Å²) >= 11 is 3.32. The van der Waals surface area contributed by atoms with Crippen LogP contribution in [0.1, 0.15) is 5.56 Å². The third-order valence-electron chi connectivity index (χ3n) is 3.30. The first kappa shape index (κ1) is 15.2. The maximum absolute atomic E-state index is 12.6. The van der Waals surface area contributed by atoms with Crippen molar-refractivity contribution in [3.63, 3.8) is 0 Å². The summed E-state index contributed by atoms with van der Waals surface area (Å²) in [5.41, 5.74) is 1.01. The number of hydrogen-bond acceptors (Lipinski definition) is 3. The number of anilines is 1. The number of para-hydroxylation sites is 1. The summed E-state index contributed by atoms with van der Waals surface area (Å²) < 4.78 is 0.889. The monoisotopic (exact) mass is 370 g/mol. The molecule has 3 rings (SSSR count). The number of halogens is 1. The topological polar surface area (TPSA) is 66.5 Å². The van der Waals surface area contributed by atoms with Crippen LogP contribution in [0.15, 0.2) is 64.6 Å². The molecule has 0 atom stereocenters. The molecule has 0 spiro atoms. The summed E-state index contributed by atoms with van der Waals surface area (Å²) in [6, 6.07) is 14.8. The van der Waals surface area contributed by atoms with E-state index in [2.05, 4.69) is 21.2 Å². The lowest BCUT2D eigenvalue weighted by atomic mass is 10.1. The van der Waals surface area contributed by atoms with Gasteiger partial charge in [0.05, 0.1) is 5.69 Å². The second-order valence-electron chi connectivity index (χ2n) is 4.84. The highest BCUT2D eigenvalue weighted by molar-refractivity contribution is 9.10. The second-order valence-corrected chi connectivity index (χ2v) is 5.76. The number of rotatable bonds is 2. The fourth-order valence-corrected chi connectivity index (χ4v) is 2.46. The average Bonchev–Trinajstić information content (AvgIpc) is 2.54. The molecule has 2 aromatic rings. The SMILES string of the molecule is O=C1NC(=O)N(c2ccccc2)C(=O)/C1=C\c1ccc(Br)cc1. The molecule has 0 aromatic heterocycles. The van der Waals surface area contributed by atoms with Crippen LogP contribution in [0.2, 0.25) is 0 Å². The van der Waals surface area contributed by atoms with Crippen LogP contribution < -0.4 is 10.2 Å². The van der Waals surface area contributed by atoms with E-state index in [1.165, 1.54) is 6.08 Å². The van der Waals surface area contributed by atoms with E-state index in [1.54, 1.807) is 54.6 Å². The molecule has 0 bridgehead atoms. The Hall–Kier alpha value is -2.73. The number of amides is 4. The van der Waals surface area contributed by atoms with E-state index >= 15 is 0 Å². The number of nitrogens with one attached hydrogen (secondary N) is 1. The molecule has 1 aliphatic heterocycles. The van der Waals surface area contributed by atoms with Crippen LogP contribution >= 0.6 is 15.9 Å². The van der Waals surface area contributed by atoms with Crippen LogP contribution in [0.25, 0.3) is 6.08 Å². The van der Waals surface area contributed by atoms with Gasteiger partial charge in [0.2, 0.25) is 0 Å². The number of carbonyl (C=O) groups excluding carboxylic acids is 3. The highest BCUT2D eigenvalue weighted by atomic mass is 79.9. The average molecular weight is 371 g/mol. The van der Waals surface area contributed by atoms with Crippen LogP contribution in [-0.4, -0.2) is 17.8 Å². The molecule has 0 aliphatic carbocycles. The maximum atomic E-state index is 12.6. The van der Waals surface area contributed by atoms with E-state index in [1.807, 2.05) is 0 Å². The Bertz CT molecular complexity index is 813. The minimum Gasteiger partial charge on any atom is -0.273 e. The molecule has 23 heavy (non-hydrogen) atoms. The first-order chi connectivity index (χ1) is 11.1. The molecule has 1 fully saturated rings. The molecule has 1 N–H and O–H groups in total. The van der Waals surface area contributed by atoms with E-state index in [4.69, 9.17) is 0 Å². The summed E-state index contributed by atoms with van der Waals surface area (Å²) in [5, 5.41) is 2.19. The molecule has 0 saturated carbocycles. The van der Waals surface area contributed by atoms with Crippen molar-refractivity contribution in [1.29, 1.82) is 0 Å².